The fourth-order valence-electron chi connectivity index (χ4n) is 4.02. The Morgan fingerprint density at radius 3 is 2.23 bits per heavy atom. The topological polar surface area (TPSA) is 42.0 Å². The van der Waals surface area contributed by atoms with Gasteiger partial charge in [0.15, 0.2) is 0 Å². The summed E-state index contributed by atoms with van der Waals surface area (Å²) in [5.74, 6) is -0.120. The minimum absolute atomic E-state index is 0.120. The zero-order valence-electron chi connectivity index (χ0n) is 18.4. The Balaban J connectivity index is 1.93. The molecule has 156 valence electrons. The van der Waals surface area contributed by atoms with Crippen LogP contribution in [-0.2, 0) is 0 Å². The van der Waals surface area contributed by atoms with Crippen molar-refractivity contribution in [3.63, 3.8) is 0 Å². The Morgan fingerprint density at radius 2 is 1.55 bits per heavy atom. The molecule has 1 heterocycles. The van der Waals surface area contributed by atoms with Gasteiger partial charge in [0.25, 0.3) is 5.91 Å². The van der Waals surface area contributed by atoms with Crippen molar-refractivity contribution in [3.05, 3.63) is 92.5 Å². The van der Waals surface area contributed by atoms with Crippen LogP contribution >= 0.6 is 15.9 Å². The van der Waals surface area contributed by atoms with Crippen molar-refractivity contribution >= 4 is 38.4 Å². The van der Waals surface area contributed by atoms with Crippen LogP contribution in [0.15, 0.2) is 59.1 Å². The molecule has 4 heteroatoms. The predicted molar refractivity (Wildman–Crippen MR) is 133 cm³/mol. The third kappa shape index (κ3) is 4.13. The van der Waals surface area contributed by atoms with Gasteiger partial charge in [-0.25, -0.2) is 4.98 Å². The van der Waals surface area contributed by atoms with E-state index in [-0.39, 0.29) is 5.91 Å². The normalized spacial score (nSPS) is 11.0. The third-order valence-corrected chi connectivity index (χ3v) is 6.53. The molecule has 0 radical (unpaired) electrons. The highest BCUT2D eigenvalue weighted by atomic mass is 79.9. The number of aryl methyl sites for hydroxylation is 4. The van der Waals surface area contributed by atoms with E-state index in [4.69, 9.17) is 4.98 Å². The molecule has 0 fully saturated rings. The van der Waals surface area contributed by atoms with Crippen molar-refractivity contribution in [2.45, 2.75) is 34.6 Å². The lowest BCUT2D eigenvalue weighted by Crippen LogP contribution is -2.15. The van der Waals surface area contributed by atoms with Gasteiger partial charge in [0, 0.05) is 21.1 Å². The van der Waals surface area contributed by atoms with Gasteiger partial charge in [0.1, 0.15) is 0 Å². The fourth-order valence-corrected chi connectivity index (χ4v) is 4.26. The zero-order valence-corrected chi connectivity index (χ0v) is 20.0. The molecule has 1 amide bonds. The summed E-state index contributed by atoms with van der Waals surface area (Å²) in [7, 11) is 0. The summed E-state index contributed by atoms with van der Waals surface area (Å²) in [6.45, 7) is 10.2. The highest BCUT2D eigenvalue weighted by Gasteiger charge is 2.20. The number of benzene rings is 3. The quantitative estimate of drug-likeness (QED) is 0.336. The Bertz CT molecular complexity index is 1320. The first-order chi connectivity index (χ1) is 14.7. The molecule has 0 atom stereocenters. The molecule has 0 bridgehead atoms. The maximum absolute atomic E-state index is 13.6. The number of amides is 1. The van der Waals surface area contributed by atoms with Gasteiger partial charge in [-0.2, -0.15) is 0 Å². The standard InChI is InChI=1S/C27H25BrN2O/c1-15-6-8-20(9-7-15)26-19(5)24(22-13-16(2)12-18(4)25(22)30-26)27(31)29-21-10-11-23(28)17(3)14-21/h6-14H,1-5H3,(H,29,31). The number of carbonyl (C=O) groups excluding carboxylic acids is 1. The number of carbonyl (C=O) groups is 1. The van der Waals surface area contributed by atoms with Crippen molar-refractivity contribution in [2.24, 2.45) is 0 Å². The number of anilines is 1. The lowest BCUT2D eigenvalue weighted by Gasteiger charge is -2.17. The average Bonchev–Trinajstić information content (AvgIpc) is 2.71. The van der Waals surface area contributed by atoms with E-state index in [0.29, 0.717) is 5.56 Å². The van der Waals surface area contributed by atoms with E-state index in [1.54, 1.807) is 0 Å². The molecule has 3 aromatic carbocycles. The summed E-state index contributed by atoms with van der Waals surface area (Å²) in [5.41, 5.74) is 9.49. The van der Waals surface area contributed by atoms with Gasteiger partial charge in [0.05, 0.1) is 16.8 Å². The summed E-state index contributed by atoms with van der Waals surface area (Å²) in [4.78, 5) is 18.6. The molecule has 0 aliphatic carbocycles. The molecule has 0 saturated carbocycles. The Morgan fingerprint density at radius 1 is 0.839 bits per heavy atom. The van der Waals surface area contributed by atoms with Crippen LogP contribution in [0.5, 0.6) is 0 Å². The first-order valence-electron chi connectivity index (χ1n) is 10.3. The largest absolute Gasteiger partial charge is 0.322 e. The number of pyridine rings is 1. The Kier molecular flexibility index (Phi) is 5.67. The van der Waals surface area contributed by atoms with E-state index >= 15 is 0 Å². The Hall–Kier alpha value is -2.98. The third-order valence-electron chi connectivity index (χ3n) is 5.64. The SMILES string of the molecule is Cc1ccc(-c2nc3c(C)cc(C)cc3c(C(=O)Nc3ccc(Br)c(C)c3)c2C)cc1. The van der Waals surface area contributed by atoms with E-state index in [1.807, 2.05) is 32.0 Å². The zero-order chi connectivity index (χ0) is 22.3. The number of halogens is 1. The van der Waals surface area contributed by atoms with Crippen LogP contribution in [0.1, 0.15) is 38.2 Å². The van der Waals surface area contributed by atoms with Crippen LogP contribution < -0.4 is 5.32 Å². The Labute approximate surface area is 191 Å². The molecule has 0 aliphatic heterocycles. The monoisotopic (exact) mass is 472 g/mol. The molecular weight excluding hydrogens is 448 g/mol. The number of fused-ring (bicyclic) bond motifs is 1. The van der Waals surface area contributed by atoms with E-state index in [0.717, 1.165) is 54.6 Å². The first-order valence-corrected chi connectivity index (χ1v) is 11.1. The maximum Gasteiger partial charge on any atom is 0.256 e. The van der Waals surface area contributed by atoms with E-state index < -0.39 is 0 Å². The van der Waals surface area contributed by atoms with Gasteiger partial charge >= 0.3 is 0 Å². The molecule has 0 saturated heterocycles. The highest BCUT2D eigenvalue weighted by Crippen LogP contribution is 2.33. The summed E-state index contributed by atoms with van der Waals surface area (Å²) in [6.07, 6.45) is 0. The molecule has 0 spiro atoms. The molecule has 31 heavy (non-hydrogen) atoms. The predicted octanol–water partition coefficient (Wildman–Crippen LogP) is 7.46. The highest BCUT2D eigenvalue weighted by molar-refractivity contribution is 9.10. The van der Waals surface area contributed by atoms with Crippen molar-refractivity contribution in [2.75, 3.05) is 5.32 Å². The summed E-state index contributed by atoms with van der Waals surface area (Å²) >= 11 is 3.52. The number of rotatable bonds is 3. The second kappa shape index (κ2) is 8.27. The second-order valence-corrected chi connectivity index (χ2v) is 9.08. The average molecular weight is 473 g/mol. The van der Waals surface area contributed by atoms with Gasteiger partial charge in [-0.15, -0.1) is 0 Å². The lowest BCUT2D eigenvalue weighted by atomic mass is 9.94. The van der Waals surface area contributed by atoms with Gasteiger partial charge in [-0.3, -0.25) is 4.79 Å². The van der Waals surface area contributed by atoms with Crippen LogP contribution in [0.25, 0.3) is 22.2 Å². The van der Waals surface area contributed by atoms with Crippen LogP contribution in [0.3, 0.4) is 0 Å². The van der Waals surface area contributed by atoms with E-state index in [1.165, 1.54) is 5.56 Å². The smallest absolute Gasteiger partial charge is 0.256 e. The summed E-state index contributed by atoms with van der Waals surface area (Å²) in [6, 6.07) is 18.3. The molecule has 4 rings (SSSR count). The molecule has 4 aromatic rings. The second-order valence-electron chi connectivity index (χ2n) is 8.22. The molecular formula is C27H25BrN2O. The van der Waals surface area contributed by atoms with Crippen molar-refractivity contribution in [3.8, 4) is 11.3 Å². The molecule has 3 nitrogen and oxygen atoms in total. The molecule has 1 aromatic heterocycles. The van der Waals surface area contributed by atoms with Crippen molar-refractivity contribution < 1.29 is 4.79 Å². The number of nitrogens with zero attached hydrogens (tertiary/aromatic N) is 1. The van der Waals surface area contributed by atoms with E-state index in [9.17, 15) is 4.79 Å². The molecule has 0 aliphatic rings. The van der Waals surface area contributed by atoms with Gasteiger partial charge in [0.2, 0.25) is 0 Å². The number of hydrogen-bond donors (Lipinski definition) is 1. The molecule has 0 unspecified atom stereocenters. The fraction of sp³-hybridized carbons (Fsp3) is 0.185. The number of nitrogens with one attached hydrogen (secondary N) is 1. The van der Waals surface area contributed by atoms with Crippen molar-refractivity contribution in [1.29, 1.82) is 0 Å². The van der Waals surface area contributed by atoms with Crippen LogP contribution in [0.2, 0.25) is 0 Å². The van der Waals surface area contributed by atoms with Gasteiger partial charge in [-0.1, -0.05) is 57.4 Å². The lowest BCUT2D eigenvalue weighted by molar-refractivity contribution is 0.102. The van der Waals surface area contributed by atoms with Gasteiger partial charge < -0.3 is 5.32 Å². The van der Waals surface area contributed by atoms with Crippen LogP contribution in [-0.4, -0.2) is 10.9 Å². The minimum Gasteiger partial charge on any atom is -0.322 e. The summed E-state index contributed by atoms with van der Waals surface area (Å²) in [5, 5.41) is 3.98. The minimum atomic E-state index is -0.120. The first kappa shape index (κ1) is 21.3. The van der Waals surface area contributed by atoms with Gasteiger partial charge in [-0.05, 0) is 75.6 Å². The van der Waals surface area contributed by atoms with Crippen LogP contribution in [0.4, 0.5) is 5.69 Å². The maximum atomic E-state index is 13.6. The van der Waals surface area contributed by atoms with E-state index in [2.05, 4.69) is 78.4 Å². The number of hydrogen-bond acceptors (Lipinski definition) is 2. The molecule has 1 N–H and O–H groups in total. The van der Waals surface area contributed by atoms with Crippen molar-refractivity contribution in [1.82, 2.24) is 4.98 Å². The summed E-state index contributed by atoms with van der Waals surface area (Å²) < 4.78 is 1.02. The number of aromatic nitrogens is 1. The van der Waals surface area contributed by atoms with Crippen LogP contribution in [0, 0.1) is 34.6 Å².